The van der Waals surface area contributed by atoms with Gasteiger partial charge in [0.25, 0.3) is 0 Å². The van der Waals surface area contributed by atoms with Gasteiger partial charge in [0, 0.05) is 18.0 Å². The first-order valence-electron chi connectivity index (χ1n) is 5.86. The highest BCUT2D eigenvalue weighted by Gasteiger charge is 2.42. The highest BCUT2D eigenvalue weighted by Crippen LogP contribution is 2.35. The lowest BCUT2D eigenvalue weighted by atomic mass is 9.90. The van der Waals surface area contributed by atoms with E-state index >= 15 is 0 Å². The van der Waals surface area contributed by atoms with Crippen LogP contribution in [0.4, 0.5) is 0 Å². The molecule has 0 radical (unpaired) electrons. The first kappa shape index (κ1) is 11.2. The molecule has 1 saturated heterocycles. The van der Waals surface area contributed by atoms with Gasteiger partial charge in [0.2, 0.25) is 5.91 Å². The van der Waals surface area contributed by atoms with Crippen LogP contribution in [0.2, 0.25) is 0 Å². The van der Waals surface area contributed by atoms with Crippen LogP contribution in [0.3, 0.4) is 0 Å². The molecule has 0 N–H and O–H groups in total. The van der Waals surface area contributed by atoms with Crippen LogP contribution < -0.4 is 0 Å². The Balaban J connectivity index is 2.14. The summed E-state index contributed by atoms with van der Waals surface area (Å²) in [6.45, 7) is 6.95. The van der Waals surface area contributed by atoms with Crippen molar-refractivity contribution in [3.63, 3.8) is 0 Å². The zero-order valence-corrected chi connectivity index (χ0v) is 10.2. The number of rotatable bonds is 2. The third-order valence-corrected chi connectivity index (χ3v) is 3.37. The van der Waals surface area contributed by atoms with Gasteiger partial charge < -0.3 is 4.90 Å². The van der Waals surface area contributed by atoms with Gasteiger partial charge in [-0.05, 0) is 18.9 Å². The number of amides is 1. The second kappa shape index (κ2) is 3.93. The zero-order valence-electron chi connectivity index (χ0n) is 10.2. The van der Waals surface area contributed by atoms with Crippen LogP contribution in [-0.2, 0) is 11.3 Å². The number of carbonyl (C=O) groups excluding carboxylic acids is 1. The Morgan fingerprint density at radius 3 is 2.44 bits per heavy atom. The second-order valence-corrected chi connectivity index (χ2v) is 5.36. The third kappa shape index (κ3) is 1.97. The molecule has 1 aromatic rings. The molecule has 0 saturated carbocycles. The predicted octanol–water partition coefficient (Wildman–Crippen LogP) is 2.83. The summed E-state index contributed by atoms with van der Waals surface area (Å²) in [5, 5.41) is 0. The van der Waals surface area contributed by atoms with Gasteiger partial charge in [0.1, 0.15) is 0 Å². The monoisotopic (exact) mass is 217 g/mol. The van der Waals surface area contributed by atoms with E-state index in [-0.39, 0.29) is 11.3 Å². The molecule has 0 aromatic heterocycles. The van der Waals surface area contributed by atoms with Gasteiger partial charge in [-0.25, -0.2) is 0 Å². The summed E-state index contributed by atoms with van der Waals surface area (Å²) in [4.78, 5) is 14.2. The lowest BCUT2D eigenvalue weighted by Crippen LogP contribution is -2.33. The SMILES string of the molecule is CC1CC(C)(C)C(=O)N1Cc1ccccc1. The topological polar surface area (TPSA) is 20.3 Å². The lowest BCUT2D eigenvalue weighted by Gasteiger charge is -2.22. The van der Waals surface area contributed by atoms with Crippen LogP contribution in [0.25, 0.3) is 0 Å². The van der Waals surface area contributed by atoms with E-state index in [1.807, 2.05) is 36.9 Å². The normalized spacial score (nSPS) is 23.8. The van der Waals surface area contributed by atoms with Crippen molar-refractivity contribution in [2.75, 3.05) is 0 Å². The molecule has 86 valence electrons. The Morgan fingerprint density at radius 2 is 1.94 bits per heavy atom. The molecule has 1 aliphatic rings. The number of hydrogen-bond acceptors (Lipinski definition) is 1. The molecule has 2 nitrogen and oxygen atoms in total. The Hall–Kier alpha value is -1.31. The number of carbonyl (C=O) groups is 1. The minimum atomic E-state index is -0.186. The van der Waals surface area contributed by atoms with E-state index in [4.69, 9.17) is 0 Å². The van der Waals surface area contributed by atoms with E-state index in [0.29, 0.717) is 6.04 Å². The molecule has 1 fully saturated rings. The molecule has 16 heavy (non-hydrogen) atoms. The summed E-state index contributed by atoms with van der Waals surface area (Å²) < 4.78 is 0. The number of nitrogens with zero attached hydrogens (tertiary/aromatic N) is 1. The van der Waals surface area contributed by atoms with Crippen molar-refractivity contribution in [3.05, 3.63) is 35.9 Å². The molecule has 0 bridgehead atoms. The molecule has 1 aromatic carbocycles. The summed E-state index contributed by atoms with van der Waals surface area (Å²) in [6.07, 6.45) is 0.957. The summed E-state index contributed by atoms with van der Waals surface area (Å²) in [6, 6.07) is 10.5. The average molecular weight is 217 g/mol. The summed E-state index contributed by atoms with van der Waals surface area (Å²) in [7, 11) is 0. The van der Waals surface area contributed by atoms with E-state index in [1.165, 1.54) is 5.56 Å². The van der Waals surface area contributed by atoms with Crippen LogP contribution in [0.1, 0.15) is 32.8 Å². The van der Waals surface area contributed by atoms with Crippen LogP contribution in [0, 0.1) is 5.41 Å². The van der Waals surface area contributed by atoms with Crippen LogP contribution in [0.15, 0.2) is 30.3 Å². The molecule has 1 heterocycles. The largest absolute Gasteiger partial charge is 0.335 e. The Kier molecular flexibility index (Phi) is 2.75. The second-order valence-electron chi connectivity index (χ2n) is 5.36. The van der Waals surface area contributed by atoms with Gasteiger partial charge in [-0.15, -0.1) is 0 Å². The number of benzene rings is 1. The fourth-order valence-electron chi connectivity index (χ4n) is 2.53. The van der Waals surface area contributed by atoms with Gasteiger partial charge in [-0.1, -0.05) is 44.2 Å². The molecular weight excluding hydrogens is 198 g/mol. The summed E-state index contributed by atoms with van der Waals surface area (Å²) in [5.41, 5.74) is 1.02. The van der Waals surface area contributed by atoms with Crippen molar-refractivity contribution >= 4 is 5.91 Å². The maximum absolute atomic E-state index is 12.2. The highest BCUT2D eigenvalue weighted by atomic mass is 16.2. The molecule has 0 spiro atoms. The van der Waals surface area contributed by atoms with E-state index in [9.17, 15) is 4.79 Å². The number of hydrogen-bond donors (Lipinski definition) is 0. The van der Waals surface area contributed by atoms with Gasteiger partial charge in [0.15, 0.2) is 0 Å². The number of likely N-dealkylation sites (tertiary alicyclic amines) is 1. The summed E-state index contributed by atoms with van der Waals surface area (Å²) >= 11 is 0. The minimum absolute atomic E-state index is 0.186. The van der Waals surface area contributed by atoms with Crippen LogP contribution in [0.5, 0.6) is 0 Å². The van der Waals surface area contributed by atoms with Crippen LogP contribution >= 0.6 is 0 Å². The van der Waals surface area contributed by atoms with E-state index in [1.54, 1.807) is 0 Å². The highest BCUT2D eigenvalue weighted by molar-refractivity contribution is 5.84. The van der Waals surface area contributed by atoms with Crippen molar-refractivity contribution in [1.82, 2.24) is 4.90 Å². The van der Waals surface area contributed by atoms with Crippen molar-refractivity contribution < 1.29 is 4.79 Å². The molecule has 2 heteroatoms. The molecule has 1 aliphatic heterocycles. The minimum Gasteiger partial charge on any atom is -0.335 e. The average Bonchev–Trinajstić information content (AvgIpc) is 2.42. The van der Waals surface area contributed by atoms with Crippen molar-refractivity contribution in [2.45, 2.75) is 39.8 Å². The zero-order chi connectivity index (χ0) is 11.8. The molecule has 1 unspecified atom stereocenters. The predicted molar refractivity (Wildman–Crippen MR) is 64.9 cm³/mol. The van der Waals surface area contributed by atoms with Gasteiger partial charge >= 0.3 is 0 Å². The van der Waals surface area contributed by atoms with E-state index < -0.39 is 0 Å². The van der Waals surface area contributed by atoms with Crippen molar-refractivity contribution in [2.24, 2.45) is 5.41 Å². The maximum Gasteiger partial charge on any atom is 0.228 e. The van der Waals surface area contributed by atoms with E-state index in [0.717, 1.165) is 13.0 Å². The first-order valence-corrected chi connectivity index (χ1v) is 5.86. The molecule has 2 rings (SSSR count). The summed E-state index contributed by atoms with van der Waals surface area (Å²) in [5.74, 6) is 0.281. The third-order valence-electron chi connectivity index (χ3n) is 3.37. The quantitative estimate of drug-likeness (QED) is 0.746. The van der Waals surface area contributed by atoms with Gasteiger partial charge in [0.05, 0.1) is 0 Å². The smallest absolute Gasteiger partial charge is 0.228 e. The van der Waals surface area contributed by atoms with Crippen molar-refractivity contribution in [3.8, 4) is 0 Å². The molecule has 1 amide bonds. The Labute approximate surface area is 97.3 Å². The molecule has 0 aliphatic carbocycles. The first-order chi connectivity index (χ1) is 7.50. The lowest BCUT2D eigenvalue weighted by molar-refractivity contribution is -0.135. The van der Waals surface area contributed by atoms with Gasteiger partial charge in [-0.2, -0.15) is 0 Å². The fourth-order valence-corrected chi connectivity index (χ4v) is 2.53. The maximum atomic E-state index is 12.2. The van der Waals surface area contributed by atoms with Crippen molar-refractivity contribution in [1.29, 1.82) is 0 Å². The Bertz CT molecular complexity index is 383. The fraction of sp³-hybridized carbons (Fsp3) is 0.500. The van der Waals surface area contributed by atoms with Gasteiger partial charge in [-0.3, -0.25) is 4.79 Å². The molecular formula is C14H19NO. The molecule has 1 atom stereocenters. The standard InChI is InChI=1S/C14H19NO/c1-11-9-14(2,3)13(16)15(11)10-12-7-5-4-6-8-12/h4-8,11H,9-10H2,1-3H3. The van der Waals surface area contributed by atoms with E-state index in [2.05, 4.69) is 19.1 Å². The van der Waals surface area contributed by atoms with Crippen LogP contribution in [-0.4, -0.2) is 16.8 Å². The Morgan fingerprint density at radius 1 is 1.31 bits per heavy atom.